The van der Waals surface area contributed by atoms with Gasteiger partial charge in [-0.05, 0) is 48.7 Å². The molecule has 2 rings (SSSR count). The smallest absolute Gasteiger partial charge is 0.126 e. The Hall–Kier alpha value is -1.19. The lowest BCUT2D eigenvalue weighted by Gasteiger charge is -2.21. The van der Waals surface area contributed by atoms with Crippen LogP contribution in [0.3, 0.4) is 0 Å². The molecule has 0 aliphatic rings. The standard InChI is InChI=1S/C17H19BrFN/c1-4-20-17(13-8-9-15(19)12(3)10-13)14-7-5-6-11(2)16(14)18/h5-10,17,20H,4H2,1-3H3. The lowest BCUT2D eigenvalue weighted by Crippen LogP contribution is -2.22. The van der Waals surface area contributed by atoms with E-state index in [1.54, 1.807) is 13.0 Å². The molecule has 2 aromatic rings. The fourth-order valence-electron chi connectivity index (χ4n) is 2.35. The van der Waals surface area contributed by atoms with Crippen LogP contribution in [0.1, 0.15) is 35.2 Å². The third-order valence-electron chi connectivity index (χ3n) is 3.46. The Bertz CT molecular complexity index is 610. The predicted molar refractivity (Wildman–Crippen MR) is 85.5 cm³/mol. The SMILES string of the molecule is CCNC(c1ccc(F)c(C)c1)c1cccc(C)c1Br. The maximum Gasteiger partial charge on any atom is 0.126 e. The van der Waals surface area contributed by atoms with Gasteiger partial charge in [-0.2, -0.15) is 0 Å². The van der Waals surface area contributed by atoms with E-state index in [4.69, 9.17) is 0 Å². The molecule has 1 nitrogen and oxygen atoms in total. The van der Waals surface area contributed by atoms with Crippen LogP contribution in [0.25, 0.3) is 0 Å². The first kappa shape index (κ1) is 15.2. The third kappa shape index (κ3) is 3.10. The van der Waals surface area contributed by atoms with E-state index < -0.39 is 0 Å². The molecule has 0 amide bonds. The lowest BCUT2D eigenvalue weighted by molar-refractivity contribution is 0.605. The van der Waals surface area contributed by atoms with Crippen molar-refractivity contribution >= 4 is 15.9 Å². The second kappa shape index (κ2) is 6.51. The molecule has 0 saturated carbocycles. The van der Waals surface area contributed by atoms with Crippen LogP contribution in [0, 0.1) is 19.7 Å². The summed E-state index contributed by atoms with van der Waals surface area (Å²) in [5, 5.41) is 3.48. The Morgan fingerprint density at radius 3 is 2.55 bits per heavy atom. The fourth-order valence-corrected chi connectivity index (χ4v) is 2.85. The third-order valence-corrected chi connectivity index (χ3v) is 4.54. The highest BCUT2D eigenvalue weighted by molar-refractivity contribution is 9.10. The van der Waals surface area contributed by atoms with Gasteiger partial charge in [0.15, 0.2) is 0 Å². The van der Waals surface area contributed by atoms with Gasteiger partial charge in [-0.25, -0.2) is 4.39 Å². The molecule has 0 saturated heterocycles. The Morgan fingerprint density at radius 1 is 1.15 bits per heavy atom. The Balaban J connectivity index is 2.50. The highest BCUT2D eigenvalue weighted by Crippen LogP contribution is 2.31. The Morgan fingerprint density at radius 2 is 1.90 bits per heavy atom. The summed E-state index contributed by atoms with van der Waals surface area (Å²) < 4.78 is 14.6. The first-order valence-corrected chi connectivity index (χ1v) is 7.58. The van der Waals surface area contributed by atoms with Crippen LogP contribution in [0.4, 0.5) is 4.39 Å². The fraction of sp³-hybridized carbons (Fsp3) is 0.294. The molecule has 0 aliphatic heterocycles. The summed E-state index contributed by atoms with van der Waals surface area (Å²) in [6.45, 7) is 6.80. The van der Waals surface area contributed by atoms with Crippen LogP contribution < -0.4 is 5.32 Å². The largest absolute Gasteiger partial charge is 0.306 e. The van der Waals surface area contributed by atoms with Crippen LogP contribution >= 0.6 is 15.9 Å². The van der Waals surface area contributed by atoms with Crippen LogP contribution in [0.15, 0.2) is 40.9 Å². The second-order valence-electron chi connectivity index (χ2n) is 4.98. The van der Waals surface area contributed by atoms with Gasteiger partial charge in [0.2, 0.25) is 0 Å². The molecule has 0 aromatic heterocycles. The van der Waals surface area contributed by atoms with Crippen LogP contribution in [0.2, 0.25) is 0 Å². The minimum atomic E-state index is -0.160. The molecule has 0 aliphatic carbocycles. The number of halogens is 2. The molecule has 1 atom stereocenters. The van der Waals surface area contributed by atoms with Gasteiger partial charge >= 0.3 is 0 Å². The molecule has 0 radical (unpaired) electrons. The van der Waals surface area contributed by atoms with Gasteiger partial charge < -0.3 is 5.32 Å². The van der Waals surface area contributed by atoms with Crippen molar-refractivity contribution in [3.8, 4) is 0 Å². The molecule has 1 N–H and O–H groups in total. The number of nitrogens with one attached hydrogen (secondary N) is 1. The number of hydrogen-bond donors (Lipinski definition) is 1. The van der Waals surface area contributed by atoms with E-state index in [0.717, 1.165) is 16.6 Å². The van der Waals surface area contributed by atoms with E-state index in [1.165, 1.54) is 11.1 Å². The van der Waals surface area contributed by atoms with Gasteiger partial charge in [-0.1, -0.05) is 53.2 Å². The van der Waals surface area contributed by atoms with Gasteiger partial charge in [0.1, 0.15) is 5.82 Å². The summed E-state index contributed by atoms with van der Waals surface area (Å²) >= 11 is 3.67. The van der Waals surface area contributed by atoms with Crippen molar-refractivity contribution in [1.29, 1.82) is 0 Å². The van der Waals surface area contributed by atoms with E-state index in [9.17, 15) is 4.39 Å². The number of hydrogen-bond acceptors (Lipinski definition) is 1. The van der Waals surface area contributed by atoms with Crippen molar-refractivity contribution in [3.63, 3.8) is 0 Å². The molecular weight excluding hydrogens is 317 g/mol. The molecule has 0 bridgehead atoms. The molecule has 3 heteroatoms. The van der Waals surface area contributed by atoms with Crippen LogP contribution in [-0.2, 0) is 0 Å². The zero-order chi connectivity index (χ0) is 14.7. The van der Waals surface area contributed by atoms with Crippen molar-refractivity contribution in [2.24, 2.45) is 0 Å². The van der Waals surface area contributed by atoms with Crippen LogP contribution in [-0.4, -0.2) is 6.54 Å². The van der Waals surface area contributed by atoms with Gasteiger partial charge in [0.05, 0.1) is 6.04 Å². The van der Waals surface area contributed by atoms with E-state index in [0.29, 0.717) is 5.56 Å². The summed E-state index contributed by atoms with van der Waals surface area (Å²) in [4.78, 5) is 0. The highest BCUT2D eigenvalue weighted by atomic mass is 79.9. The van der Waals surface area contributed by atoms with Crippen LogP contribution in [0.5, 0.6) is 0 Å². The van der Waals surface area contributed by atoms with Crippen molar-refractivity contribution in [2.75, 3.05) is 6.54 Å². The molecular formula is C17H19BrFN. The predicted octanol–water partition coefficient (Wildman–Crippen LogP) is 4.90. The molecule has 1 unspecified atom stereocenters. The quantitative estimate of drug-likeness (QED) is 0.837. The Kier molecular flexibility index (Phi) is 4.95. The minimum absolute atomic E-state index is 0.0635. The van der Waals surface area contributed by atoms with Crippen molar-refractivity contribution in [2.45, 2.75) is 26.8 Å². The van der Waals surface area contributed by atoms with Gasteiger partial charge in [0.25, 0.3) is 0 Å². The zero-order valence-electron chi connectivity index (χ0n) is 12.0. The van der Waals surface area contributed by atoms with Crippen molar-refractivity contribution in [3.05, 3.63) is 68.9 Å². The van der Waals surface area contributed by atoms with E-state index >= 15 is 0 Å². The molecule has 0 spiro atoms. The number of benzene rings is 2. The van der Waals surface area contributed by atoms with Crippen molar-refractivity contribution < 1.29 is 4.39 Å². The maximum absolute atomic E-state index is 13.5. The molecule has 20 heavy (non-hydrogen) atoms. The summed E-state index contributed by atoms with van der Waals surface area (Å²) in [5.74, 6) is -0.160. The molecule has 0 heterocycles. The normalized spacial score (nSPS) is 12.4. The maximum atomic E-state index is 13.5. The highest BCUT2D eigenvalue weighted by Gasteiger charge is 2.17. The average Bonchev–Trinajstić information content (AvgIpc) is 2.43. The summed E-state index contributed by atoms with van der Waals surface area (Å²) in [6, 6.07) is 11.6. The minimum Gasteiger partial charge on any atom is -0.306 e. The lowest BCUT2D eigenvalue weighted by atomic mass is 9.96. The summed E-state index contributed by atoms with van der Waals surface area (Å²) in [6.07, 6.45) is 0. The first-order valence-electron chi connectivity index (χ1n) is 6.79. The molecule has 2 aromatic carbocycles. The number of aryl methyl sites for hydroxylation is 2. The van der Waals surface area contributed by atoms with E-state index in [1.807, 2.05) is 12.1 Å². The number of rotatable bonds is 4. The Labute approximate surface area is 128 Å². The summed E-state index contributed by atoms with van der Waals surface area (Å²) in [7, 11) is 0. The second-order valence-corrected chi connectivity index (χ2v) is 5.77. The monoisotopic (exact) mass is 335 g/mol. The van der Waals surface area contributed by atoms with Gasteiger partial charge in [0, 0.05) is 4.47 Å². The van der Waals surface area contributed by atoms with E-state index in [2.05, 4.69) is 53.3 Å². The summed E-state index contributed by atoms with van der Waals surface area (Å²) in [5.41, 5.74) is 4.13. The average molecular weight is 336 g/mol. The van der Waals surface area contributed by atoms with Gasteiger partial charge in [-0.15, -0.1) is 0 Å². The van der Waals surface area contributed by atoms with Crippen molar-refractivity contribution in [1.82, 2.24) is 5.32 Å². The van der Waals surface area contributed by atoms with Gasteiger partial charge in [-0.3, -0.25) is 0 Å². The van der Waals surface area contributed by atoms with E-state index in [-0.39, 0.29) is 11.9 Å². The topological polar surface area (TPSA) is 12.0 Å². The zero-order valence-corrected chi connectivity index (χ0v) is 13.6. The molecule has 106 valence electrons. The molecule has 0 fully saturated rings. The first-order chi connectivity index (χ1) is 9.54.